The van der Waals surface area contributed by atoms with Gasteiger partial charge in [0.05, 0.1) is 44.4 Å². The van der Waals surface area contributed by atoms with Gasteiger partial charge in [0, 0.05) is 31.7 Å². The van der Waals surface area contributed by atoms with Gasteiger partial charge in [0.25, 0.3) is 5.91 Å². The first-order valence-electron chi connectivity index (χ1n) is 11.9. The predicted molar refractivity (Wildman–Crippen MR) is 132 cm³/mol. The van der Waals surface area contributed by atoms with Gasteiger partial charge in [-0.2, -0.15) is 0 Å². The van der Waals surface area contributed by atoms with Gasteiger partial charge >= 0.3 is 0 Å². The Bertz CT molecular complexity index is 1310. The van der Waals surface area contributed by atoms with Crippen molar-refractivity contribution in [3.8, 4) is 11.5 Å². The SMILES string of the molecule is COc1ccc(OC)c([C@@H]2c3c(oc4ccc(C)cc4c3=O)C(=O)N2CCCN2CCOCC2)c1. The molecule has 3 heterocycles. The van der Waals surface area contributed by atoms with Gasteiger partial charge in [-0.25, -0.2) is 0 Å². The molecule has 1 aromatic heterocycles. The molecule has 8 nitrogen and oxygen atoms in total. The van der Waals surface area contributed by atoms with Crippen molar-refractivity contribution in [2.75, 3.05) is 53.6 Å². The molecule has 3 aromatic rings. The third-order valence-corrected chi connectivity index (χ3v) is 6.83. The van der Waals surface area contributed by atoms with E-state index in [9.17, 15) is 9.59 Å². The minimum absolute atomic E-state index is 0.104. The predicted octanol–water partition coefficient (Wildman–Crippen LogP) is 3.39. The van der Waals surface area contributed by atoms with Crippen molar-refractivity contribution < 1.29 is 23.4 Å². The molecule has 35 heavy (non-hydrogen) atoms. The number of carbonyl (C=O) groups is 1. The summed E-state index contributed by atoms with van der Waals surface area (Å²) in [6.07, 6.45) is 0.759. The van der Waals surface area contributed by atoms with Gasteiger partial charge in [0.15, 0.2) is 5.43 Å². The molecule has 0 radical (unpaired) electrons. The highest BCUT2D eigenvalue weighted by Crippen LogP contribution is 2.42. The van der Waals surface area contributed by atoms with Gasteiger partial charge in [-0.15, -0.1) is 0 Å². The number of morpholine rings is 1. The van der Waals surface area contributed by atoms with E-state index in [2.05, 4.69) is 4.90 Å². The number of ether oxygens (including phenoxy) is 3. The number of fused-ring (bicyclic) bond motifs is 2. The summed E-state index contributed by atoms with van der Waals surface area (Å²) in [7, 11) is 3.17. The number of hydrogen-bond acceptors (Lipinski definition) is 7. The Balaban J connectivity index is 1.60. The average Bonchev–Trinajstić information content (AvgIpc) is 3.16. The van der Waals surface area contributed by atoms with Gasteiger partial charge in [-0.05, 0) is 43.7 Å². The van der Waals surface area contributed by atoms with Crippen LogP contribution in [-0.4, -0.2) is 69.3 Å². The Morgan fingerprint density at radius 1 is 1.00 bits per heavy atom. The largest absolute Gasteiger partial charge is 0.497 e. The molecule has 0 aliphatic carbocycles. The van der Waals surface area contributed by atoms with E-state index >= 15 is 0 Å². The Hall–Kier alpha value is -3.36. The van der Waals surface area contributed by atoms with Crippen LogP contribution in [0.1, 0.15) is 39.7 Å². The van der Waals surface area contributed by atoms with Crippen LogP contribution in [0.4, 0.5) is 0 Å². The second-order valence-corrected chi connectivity index (χ2v) is 8.99. The smallest absolute Gasteiger partial charge is 0.290 e. The van der Waals surface area contributed by atoms with Crippen LogP contribution >= 0.6 is 0 Å². The number of methoxy groups -OCH3 is 2. The van der Waals surface area contributed by atoms with Gasteiger partial charge in [0.2, 0.25) is 5.76 Å². The van der Waals surface area contributed by atoms with Gasteiger partial charge in [0.1, 0.15) is 17.1 Å². The lowest BCUT2D eigenvalue weighted by atomic mass is 9.97. The molecule has 184 valence electrons. The number of benzene rings is 2. The highest BCUT2D eigenvalue weighted by molar-refractivity contribution is 5.99. The van der Waals surface area contributed by atoms with Crippen molar-refractivity contribution in [3.63, 3.8) is 0 Å². The maximum atomic E-state index is 13.8. The van der Waals surface area contributed by atoms with Crippen molar-refractivity contribution in [3.05, 3.63) is 69.1 Å². The van der Waals surface area contributed by atoms with E-state index in [4.69, 9.17) is 18.6 Å². The molecule has 0 spiro atoms. The van der Waals surface area contributed by atoms with Crippen molar-refractivity contribution in [2.24, 2.45) is 0 Å². The van der Waals surface area contributed by atoms with Gasteiger partial charge in [-0.1, -0.05) is 11.6 Å². The van der Waals surface area contributed by atoms with E-state index in [1.807, 2.05) is 25.1 Å². The van der Waals surface area contributed by atoms with Crippen LogP contribution in [0.25, 0.3) is 11.0 Å². The number of hydrogen-bond donors (Lipinski definition) is 0. The van der Waals surface area contributed by atoms with E-state index in [0.29, 0.717) is 40.1 Å². The quantitative estimate of drug-likeness (QED) is 0.515. The van der Waals surface area contributed by atoms with E-state index in [0.717, 1.165) is 44.8 Å². The molecule has 8 heteroatoms. The summed E-state index contributed by atoms with van der Waals surface area (Å²) in [5, 5.41) is 0.471. The molecule has 0 N–H and O–H groups in total. The molecule has 0 saturated carbocycles. The molecule has 2 aliphatic rings. The second kappa shape index (κ2) is 9.71. The van der Waals surface area contributed by atoms with Gasteiger partial charge < -0.3 is 23.5 Å². The van der Waals surface area contributed by atoms with Crippen molar-refractivity contribution in [1.29, 1.82) is 0 Å². The lowest BCUT2D eigenvalue weighted by Gasteiger charge is -2.29. The Kier molecular flexibility index (Phi) is 6.49. The normalized spacial score (nSPS) is 18.2. The molecule has 1 atom stereocenters. The van der Waals surface area contributed by atoms with E-state index in [-0.39, 0.29) is 17.1 Å². The van der Waals surface area contributed by atoms with Crippen molar-refractivity contribution in [1.82, 2.24) is 9.80 Å². The van der Waals surface area contributed by atoms with Crippen molar-refractivity contribution >= 4 is 16.9 Å². The molecule has 0 bridgehead atoms. The topological polar surface area (TPSA) is 81.5 Å². The summed E-state index contributed by atoms with van der Waals surface area (Å²) in [5.41, 5.74) is 2.23. The zero-order valence-corrected chi connectivity index (χ0v) is 20.3. The summed E-state index contributed by atoms with van der Waals surface area (Å²) in [6, 6.07) is 10.2. The van der Waals surface area contributed by atoms with Crippen LogP contribution < -0.4 is 14.9 Å². The summed E-state index contributed by atoms with van der Waals surface area (Å²) in [5.74, 6) is 1.03. The Labute approximate surface area is 204 Å². The molecule has 5 rings (SSSR count). The average molecular weight is 479 g/mol. The van der Waals surface area contributed by atoms with E-state index in [1.54, 1.807) is 37.3 Å². The number of nitrogens with zero attached hydrogens (tertiary/aromatic N) is 2. The van der Waals surface area contributed by atoms with E-state index < -0.39 is 6.04 Å². The molecular weight excluding hydrogens is 448 g/mol. The fourth-order valence-electron chi connectivity index (χ4n) is 5.03. The number of carbonyl (C=O) groups excluding carboxylic acids is 1. The highest BCUT2D eigenvalue weighted by Gasteiger charge is 2.43. The maximum Gasteiger partial charge on any atom is 0.290 e. The summed E-state index contributed by atoms with van der Waals surface area (Å²) < 4.78 is 22.6. The number of aryl methyl sites for hydroxylation is 1. The second-order valence-electron chi connectivity index (χ2n) is 8.99. The first-order valence-corrected chi connectivity index (χ1v) is 11.9. The molecule has 1 fully saturated rings. The zero-order chi connectivity index (χ0) is 24.5. The first-order chi connectivity index (χ1) is 17.0. The molecule has 2 aliphatic heterocycles. The Morgan fingerprint density at radius 2 is 1.80 bits per heavy atom. The monoisotopic (exact) mass is 478 g/mol. The van der Waals surface area contributed by atoms with Crippen molar-refractivity contribution in [2.45, 2.75) is 19.4 Å². The highest BCUT2D eigenvalue weighted by atomic mass is 16.5. The Morgan fingerprint density at radius 3 is 2.54 bits per heavy atom. The minimum Gasteiger partial charge on any atom is -0.497 e. The lowest BCUT2D eigenvalue weighted by molar-refractivity contribution is 0.0353. The maximum absolute atomic E-state index is 13.8. The molecule has 1 amide bonds. The van der Waals surface area contributed by atoms with Crippen LogP contribution in [0.3, 0.4) is 0 Å². The summed E-state index contributed by atoms with van der Waals surface area (Å²) in [4.78, 5) is 31.5. The molecular formula is C27H30N2O6. The fourth-order valence-corrected chi connectivity index (χ4v) is 5.03. The van der Waals surface area contributed by atoms with Crippen LogP contribution in [0.15, 0.2) is 45.6 Å². The van der Waals surface area contributed by atoms with Gasteiger partial charge in [-0.3, -0.25) is 14.5 Å². The van der Waals surface area contributed by atoms with Crippen LogP contribution in [0.5, 0.6) is 11.5 Å². The molecule has 2 aromatic carbocycles. The summed E-state index contributed by atoms with van der Waals surface area (Å²) >= 11 is 0. The summed E-state index contributed by atoms with van der Waals surface area (Å²) in [6.45, 7) is 6.45. The van der Waals surface area contributed by atoms with E-state index in [1.165, 1.54) is 0 Å². The zero-order valence-electron chi connectivity index (χ0n) is 20.3. The first kappa shape index (κ1) is 23.4. The van der Waals surface area contributed by atoms with Crippen LogP contribution in [0.2, 0.25) is 0 Å². The third-order valence-electron chi connectivity index (χ3n) is 6.83. The van der Waals surface area contributed by atoms with Crippen LogP contribution in [-0.2, 0) is 4.74 Å². The minimum atomic E-state index is -0.631. The molecule has 1 saturated heterocycles. The fraction of sp³-hybridized carbons (Fsp3) is 0.407. The number of amides is 1. The number of rotatable bonds is 7. The standard InChI is InChI=1S/C27H30N2O6/c1-17-5-7-22-20(15-17)25(30)23-24(19-16-18(32-2)6-8-21(19)33-3)29(27(31)26(23)35-22)10-4-9-28-11-13-34-14-12-28/h5-8,15-16,24H,4,9-14H2,1-3H3/t24-/m1/s1. The lowest BCUT2D eigenvalue weighted by Crippen LogP contribution is -2.39. The van der Waals surface area contributed by atoms with Crippen LogP contribution in [0, 0.1) is 6.92 Å². The molecule has 0 unspecified atom stereocenters. The third kappa shape index (κ3) is 4.28.